The molecule has 0 aliphatic rings. The van der Waals surface area contributed by atoms with Gasteiger partial charge in [0, 0.05) is 12.1 Å². The van der Waals surface area contributed by atoms with Gasteiger partial charge in [-0.05, 0) is 37.1 Å². The molecule has 0 fully saturated rings. The van der Waals surface area contributed by atoms with Crippen LogP contribution >= 0.6 is 0 Å². The standard InChI is InChI=1S/C11H15NO3S/c1-8-6-11(12-16(3,14)15)5-4-10(8)7-9(2)13/h4-6,12H,7H2,1-3H3. The van der Waals surface area contributed by atoms with Crippen LogP contribution in [0.15, 0.2) is 18.2 Å². The third kappa shape index (κ3) is 4.02. The van der Waals surface area contributed by atoms with E-state index in [4.69, 9.17) is 0 Å². The largest absolute Gasteiger partial charge is 0.300 e. The molecular weight excluding hydrogens is 226 g/mol. The number of anilines is 1. The number of aryl methyl sites for hydroxylation is 1. The highest BCUT2D eigenvalue weighted by Gasteiger charge is 2.05. The third-order valence-electron chi connectivity index (χ3n) is 2.09. The quantitative estimate of drug-likeness (QED) is 0.868. The molecule has 5 heteroatoms. The monoisotopic (exact) mass is 241 g/mol. The molecule has 0 saturated heterocycles. The van der Waals surface area contributed by atoms with Gasteiger partial charge in [-0.1, -0.05) is 6.07 Å². The fourth-order valence-corrected chi connectivity index (χ4v) is 2.00. The predicted molar refractivity (Wildman–Crippen MR) is 64.0 cm³/mol. The maximum Gasteiger partial charge on any atom is 0.229 e. The lowest BCUT2D eigenvalue weighted by molar-refractivity contribution is -0.116. The lowest BCUT2D eigenvalue weighted by atomic mass is 10.0. The highest BCUT2D eigenvalue weighted by Crippen LogP contribution is 2.16. The highest BCUT2D eigenvalue weighted by atomic mass is 32.2. The normalized spacial score (nSPS) is 11.2. The number of hydrogen-bond acceptors (Lipinski definition) is 3. The van der Waals surface area contributed by atoms with Crippen molar-refractivity contribution < 1.29 is 13.2 Å². The van der Waals surface area contributed by atoms with Crippen molar-refractivity contribution in [3.8, 4) is 0 Å². The van der Waals surface area contributed by atoms with E-state index in [0.29, 0.717) is 12.1 Å². The highest BCUT2D eigenvalue weighted by molar-refractivity contribution is 7.92. The Balaban J connectivity index is 2.95. The predicted octanol–water partition coefficient (Wildman–Crippen LogP) is 1.50. The maximum atomic E-state index is 11.0. The van der Waals surface area contributed by atoms with Crippen LogP contribution in [0.4, 0.5) is 5.69 Å². The molecular formula is C11H15NO3S. The number of sulfonamides is 1. The number of rotatable bonds is 4. The van der Waals surface area contributed by atoms with Crippen molar-refractivity contribution in [2.75, 3.05) is 11.0 Å². The third-order valence-corrected chi connectivity index (χ3v) is 2.69. The van der Waals surface area contributed by atoms with Gasteiger partial charge in [0.15, 0.2) is 0 Å². The lowest BCUT2D eigenvalue weighted by Gasteiger charge is -2.08. The van der Waals surface area contributed by atoms with E-state index in [1.54, 1.807) is 18.2 Å². The van der Waals surface area contributed by atoms with Crippen molar-refractivity contribution in [1.29, 1.82) is 0 Å². The SMILES string of the molecule is CC(=O)Cc1ccc(NS(C)(=O)=O)cc1C. The van der Waals surface area contributed by atoms with E-state index in [9.17, 15) is 13.2 Å². The second-order valence-corrected chi connectivity index (χ2v) is 5.64. The zero-order chi connectivity index (χ0) is 12.3. The summed E-state index contributed by atoms with van der Waals surface area (Å²) in [6.45, 7) is 3.38. The molecule has 16 heavy (non-hydrogen) atoms. The Hall–Kier alpha value is -1.36. The second-order valence-electron chi connectivity index (χ2n) is 3.89. The molecule has 0 radical (unpaired) electrons. The zero-order valence-electron chi connectivity index (χ0n) is 9.57. The van der Waals surface area contributed by atoms with Crippen LogP contribution in [0.5, 0.6) is 0 Å². The van der Waals surface area contributed by atoms with Crippen LogP contribution < -0.4 is 4.72 Å². The van der Waals surface area contributed by atoms with E-state index in [1.165, 1.54) is 6.92 Å². The van der Waals surface area contributed by atoms with Crippen LogP contribution in [0, 0.1) is 6.92 Å². The average molecular weight is 241 g/mol. The first-order chi connectivity index (χ1) is 7.28. The minimum absolute atomic E-state index is 0.0897. The number of benzene rings is 1. The first-order valence-electron chi connectivity index (χ1n) is 4.84. The van der Waals surface area contributed by atoms with Crippen LogP contribution in [0.1, 0.15) is 18.1 Å². The minimum Gasteiger partial charge on any atom is -0.300 e. The van der Waals surface area contributed by atoms with Crippen LogP contribution in [0.25, 0.3) is 0 Å². The Morgan fingerprint density at radius 1 is 1.38 bits per heavy atom. The topological polar surface area (TPSA) is 63.2 Å². The number of carbonyl (C=O) groups excluding carboxylic acids is 1. The van der Waals surface area contributed by atoms with E-state index in [1.807, 2.05) is 6.92 Å². The first-order valence-corrected chi connectivity index (χ1v) is 6.74. The van der Waals surface area contributed by atoms with E-state index in [0.717, 1.165) is 17.4 Å². The van der Waals surface area contributed by atoms with Crippen molar-refractivity contribution in [3.63, 3.8) is 0 Å². The molecule has 0 aliphatic heterocycles. The summed E-state index contributed by atoms with van der Waals surface area (Å²) in [6.07, 6.45) is 1.48. The molecule has 1 aromatic rings. The van der Waals surface area contributed by atoms with Gasteiger partial charge < -0.3 is 0 Å². The second kappa shape index (κ2) is 4.65. The average Bonchev–Trinajstić information content (AvgIpc) is 2.06. The van der Waals surface area contributed by atoms with Crippen LogP contribution in [0.2, 0.25) is 0 Å². The maximum absolute atomic E-state index is 11.0. The Morgan fingerprint density at radius 2 is 2.00 bits per heavy atom. The first kappa shape index (κ1) is 12.7. The summed E-state index contributed by atoms with van der Waals surface area (Å²) in [5.74, 6) is 0.0897. The molecule has 0 bridgehead atoms. The summed E-state index contributed by atoms with van der Waals surface area (Å²) >= 11 is 0. The van der Waals surface area contributed by atoms with Crippen molar-refractivity contribution in [2.24, 2.45) is 0 Å². The Labute approximate surface area is 95.7 Å². The molecule has 0 amide bonds. The van der Waals surface area contributed by atoms with E-state index >= 15 is 0 Å². The minimum atomic E-state index is -3.25. The number of ketones is 1. The van der Waals surface area contributed by atoms with Crippen molar-refractivity contribution in [3.05, 3.63) is 29.3 Å². The van der Waals surface area contributed by atoms with Crippen molar-refractivity contribution >= 4 is 21.5 Å². The van der Waals surface area contributed by atoms with Crippen molar-refractivity contribution in [2.45, 2.75) is 20.3 Å². The fourth-order valence-electron chi connectivity index (χ4n) is 1.44. The molecule has 88 valence electrons. The zero-order valence-corrected chi connectivity index (χ0v) is 10.4. The molecule has 0 spiro atoms. The van der Waals surface area contributed by atoms with Gasteiger partial charge in [-0.3, -0.25) is 9.52 Å². The molecule has 0 aliphatic carbocycles. The molecule has 0 heterocycles. The molecule has 4 nitrogen and oxygen atoms in total. The molecule has 1 rings (SSSR count). The summed E-state index contributed by atoms with van der Waals surface area (Å²) < 4.78 is 24.4. The molecule has 0 saturated carbocycles. The number of carbonyl (C=O) groups is 1. The van der Waals surface area contributed by atoms with Crippen LogP contribution in [-0.2, 0) is 21.2 Å². The summed E-state index contributed by atoms with van der Waals surface area (Å²) in [5.41, 5.74) is 2.35. The van der Waals surface area contributed by atoms with Crippen LogP contribution in [-0.4, -0.2) is 20.5 Å². The summed E-state index contributed by atoms with van der Waals surface area (Å²) in [5, 5.41) is 0. The van der Waals surface area contributed by atoms with E-state index < -0.39 is 10.0 Å². The molecule has 1 aromatic carbocycles. The Kier molecular flexibility index (Phi) is 3.70. The van der Waals surface area contributed by atoms with Crippen LogP contribution in [0.3, 0.4) is 0 Å². The van der Waals surface area contributed by atoms with Gasteiger partial charge in [0.05, 0.1) is 6.26 Å². The van der Waals surface area contributed by atoms with Gasteiger partial charge >= 0.3 is 0 Å². The van der Waals surface area contributed by atoms with Gasteiger partial charge in [-0.2, -0.15) is 0 Å². The summed E-state index contributed by atoms with van der Waals surface area (Å²) in [7, 11) is -3.25. The fraction of sp³-hybridized carbons (Fsp3) is 0.364. The summed E-state index contributed by atoms with van der Waals surface area (Å²) in [4.78, 5) is 11.0. The van der Waals surface area contributed by atoms with Crippen molar-refractivity contribution in [1.82, 2.24) is 0 Å². The molecule has 0 atom stereocenters. The van der Waals surface area contributed by atoms with Gasteiger partial charge in [0.25, 0.3) is 0 Å². The van der Waals surface area contributed by atoms with Gasteiger partial charge in [0.2, 0.25) is 10.0 Å². The Morgan fingerprint density at radius 3 is 2.44 bits per heavy atom. The van der Waals surface area contributed by atoms with E-state index in [2.05, 4.69) is 4.72 Å². The summed E-state index contributed by atoms with van der Waals surface area (Å²) in [6, 6.07) is 5.15. The smallest absolute Gasteiger partial charge is 0.229 e. The molecule has 0 aromatic heterocycles. The molecule has 0 unspecified atom stereocenters. The lowest BCUT2D eigenvalue weighted by Crippen LogP contribution is -2.10. The number of nitrogens with one attached hydrogen (secondary N) is 1. The van der Waals surface area contributed by atoms with Gasteiger partial charge in [-0.15, -0.1) is 0 Å². The van der Waals surface area contributed by atoms with E-state index in [-0.39, 0.29) is 5.78 Å². The number of hydrogen-bond donors (Lipinski definition) is 1. The molecule has 1 N–H and O–H groups in total. The Bertz CT molecular complexity index is 506. The number of Topliss-reactive ketones (excluding diaryl/α,β-unsaturated/α-hetero) is 1. The van der Waals surface area contributed by atoms with Gasteiger partial charge in [0.1, 0.15) is 5.78 Å². The van der Waals surface area contributed by atoms with Gasteiger partial charge in [-0.25, -0.2) is 8.42 Å².